The number of hydrogen-bond acceptors (Lipinski definition) is 5. The Kier molecular flexibility index (Phi) is 12.2. The van der Waals surface area contributed by atoms with Crippen LogP contribution in [0.3, 0.4) is 0 Å². The number of halogens is 1. The van der Waals surface area contributed by atoms with E-state index in [0.29, 0.717) is 29.8 Å². The van der Waals surface area contributed by atoms with Gasteiger partial charge in [0.2, 0.25) is 5.75 Å². The molecule has 1 aromatic rings. The lowest BCUT2D eigenvalue weighted by Crippen LogP contribution is -2.48. The minimum Gasteiger partial charge on any atom is -0.493 e. The molecule has 0 saturated carbocycles. The van der Waals surface area contributed by atoms with E-state index in [1.165, 1.54) is 25.9 Å². The molecule has 1 fully saturated rings. The molecule has 0 bridgehead atoms. The van der Waals surface area contributed by atoms with Crippen molar-refractivity contribution in [3.05, 3.63) is 17.7 Å². The van der Waals surface area contributed by atoms with Crippen LogP contribution in [-0.4, -0.2) is 64.4 Å². The second-order valence-electron chi connectivity index (χ2n) is 7.68. The number of nitrogens with one attached hydrogen (secondary N) is 2. The maximum Gasteiger partial charge on any atom is 0.203 e. The molecule has 0 spiro atoms. The Balaban J connectivity index is 0.00000450. The SMILES string of the molecule is CCNC(=NCc1cc(OC)c(OC)c(OC)c1)NCC(C)N1CCC(C)CC1.I. The Hall–Kier alpha value is -1.42. The van der Waals surface area contributed by atoms with E-state index in [1.807, 2.05) is 12.1 Å². The predicted octanol–water partition coefficient (Wildman–Crippen LogP) is 3.51. The lowest BCUT2D eigenvalue weighted by atomic mass is 9.98. The van der Waals surface area contributed by atoms with Crippen molar-refractivity contribution in [1.29, 1.82) is 0 Å². The summed E-state index contributed by atoms with van der Waals surface area (Å²) in [6.07, 6.45) is 2.58. The number of hydrogen-bond donors (Lipinski definition) is 2. The summed E-state index contributed by atoms with van der Waals surface area (Å²) in [5, 5.41) is 6.82. The van der Waals surface area contributed by atoms with Gasteiger partial charge in [0.05, 0.1) is 27.9 Å². The molecule has 0 aliphatic carbocycles. The highest BCUT2D eigenvalue weighted by Gasteiger charge is 2.20. The van der Waals surface area contributed by atoms with Crippen LogP contribution in [0.25, 0.3) is 0 Å². The highest BCUT2D eigenvalue weighted by atomic mass is 127. The van der Waals surface area contributed by atoms with Gasteiger partial charge in [-0.25, -0.2) is 4.99 Å². The van der Waals surface area contributed by atoms with Gasteiger partial charge in [-0.05, 0) is 63.4 Å². The molecule has 172 valence electrons. The van der Waals surface area contributed by atoms with Gasteiger partial charge in [0.25, 0.3) is 0 Å². The second-order valence-corrected chi connectivity index (χ2v) is 7.68. The van der Waals surface area contributed by atoms with Crippen LogP contribution in [-0.2, 0) is 6.54 Å². The Labute approximate surface area is 199 Å². The van der Waals surface area contributed by atoms with Gasteiger partial charge in [-0.15, -0.1) is 24.0 Å². The van der Waals surface area contributed by atoms with Gasteiger partial charge in [-0.3, -0.25) is 4.90 Å². The Bertz CT molecular complexity index is 639. The molecule has 1 atom stereocenters. The Morgan fingerprint density at radius 3 is 2.20 bits per heavy atom. The van der Waals surface area contributed by atoms with Gasteiger partial charge < -0.3 is 24.8 Å². The third kappa shape index (κ3) is 7.68. The lowest BCUT2D eigenvalue weighted by molar-refractivity contribution is 0.147. The summed E-state index contributed by atoms with van der Waals surface area (Å²) in [6, 6.07) is 4.35. The van der Waals surface area contributed by atoms with Crippen LogP contribution in [0.4, 0.5) is 0 Å². The number of likely N-dealkylation sites (tertiary alicyclic amines) is 1. The van der Waals surface area contributed by atoms with E-state index in [-0.39, 0.29) is 24.0 Å². The summed E-state index contributed by atoms with van der Waals surface area (Å²) in [6.45, 7) is 11.3. The smallest absolute Gasteiger partial charge is 0.203 e. The fourth-order valence-corrected chi connectivity index (χ4v) is 3.58. The normalized spacial score (nSPS) is 16.4. The van der Waals surface area contributed by atoms with Gasteiger partial charge in [0, 0.05) is 19.1 Å². The molecule has 1 unspecified atom stereocenters. The number of ether oxygens (including phenoxy) is 3. The van der Waals surface area contributed by atoms with E-state index in [9.17, 15) is 0 Å². The topological polar surface area (TPSA) is 67.4 Å². The fourth-order valence-electron chi connectivity index (χ4n) is 3.58. The van der Waals surface area contributed by atoms with E-state index in [0.717, 1.165) is 30.5 Å². The maximum absolute atomic E-state index is 5.44. The van der Waals surface area contributed by atoms with Gasteiger partial charge >= 0.3 is 0 Å². The zero-order chi connectivity index (χ0) is 21.2. The average Bonchev–Trinajstić information content (AvgIpc) is 2.74. The largest absolute Gasteiger partial charge is 0.493 e. The Morgan fingerprint density at radius 1 is 1.10 bits per heavy atom. The molecule has 1 aliphatic heterocycles. The number of piperidine rings is 1. The third-order valence-electron chi connectivity index (χ3n) is 5.49. The molecule has 8 heteroatoms. The summed E-state index contributed by atoms with van der Waals surface area (Å²) in [5.74, 6) is 3.55. The Morgan fingerprint density at radius 2 is 1.70 bits per heavy atom. The molecule has 30 heavy (non-hydrogen) atoms. The molecule has 1 saturated heterocycles. The van der Waals surface area contributed by atoms with Crippen LogP contribution in [0.1, 0.15) is 39.2 Å². The van der Waals surface area contributed by atoms with Crippen LogP contribution in [0.15, 0.2) is 17.1 Å². The summed E-state index contributed by atoms with van der Waals surface area (Å²) < 4.78 is 16.3. The van der Waals surface area contributed by atoms with Crippen LogP contribution < -0.4 is 24.8 Å². The van der Waals surface area contributed by atoms with E-state index in [1.54, 1.807) is 21.3 Å². The first-order chi connectivity index (χ1) is 14.0. The number of methoxy groups -OCH3 is 3. The van der Waals surface area contributed by atoms with Crippen LogP contribution >= 0.6 is 24.0 Å². The highest BCUT2D eigenvalue weighted by molar-refractivity contribution is 14.0. The van der Waals surface area contributed by atoms with E-state index < -0.39 is 0 Å². The summed E-state index contributed by atoms with van der Waals surface area (Å²) in [7, 11) is 4.85. The molecule has 1 heterocycles. The zero-order valence-corrected chi connectivity index (χ0v) is 21.6. The van der Waals surface area contributed by atoms with Crippen molar-refractivity contribution in [3.63, 3.8) is 0 Å². The van der Waals surface area contributed by atoms with Crippen molar-refractivity contribution in [2.24, 2.45) is 10.9 Å². The van der Waals surface area contributed by atoms with Gasteiger partial charge in [0.15, 0.2) is 17.5 Å². The molecule has 7 nitrogen and oxygen atoms in total. The first-order valence-electron chi connectivity index (χ1n) is 10.6. The van der Waals surface area contributed by atoms with Crippen molar-refractivity contribution in [2.45, 2.75) is 46.2 Å². The molecule has 0 amide bonds. The maximum atomic E-state index is 5.44. The van der Waals surface area contributed by atoms with Crippen LogP contribution in [0.2, 0.25) is 0 Å². The second kappa shape index (κ2) is 13.8. The fraction of sp³-hybridized carbons (Fsp3) is 0.682. The quantitative estimate of drug-likeness (QED) is 0.287. The molecule has 0 radical (unpaired) electrons. The third-order valence-corrected chi connectivity index (χ3v) is 5.49. The van der Waals surface area contributed by atoms with Crippen molar-refractivity contribution in [2.75, 3.05) is 47.5 Å². The summed E-state index contributed by atoms with van der Waals surface area (Å²) in [5.41, 5.74) is 0.995. The molecule has 1 aromatic carbocycles. The standard InChI is InChI=1S/C22H38N4O3.HI/c1-7-23-22(24-14-17(3)26-10-8-16(2)9-11-26)25-15-18-12-19(27-4)21(29-6)20(13-18)28-5;/h12-13,16-17H,7-11,14-15H2,1-6H3,(H2,23,24,25);1H. The van der Waals surface area contributed by atoms with Gasteiger partial charge in [-0.2, -0.15) is 0 Å². The molecular formula is C22H39IN4O3. The minimum absolute atomic E-state index is 0. The summed E-state index contributed by atoms with van der Waals surface area (Å²) >= 11 is 0. The number of nitrogens with zero attached hydrogens (tertiary/aromatic N) is 2. The first kappa shape index (κ1) is 26.6. The van der Waals surface area contributed by atoms with E-state index in [2.05, 4.69) is 36.3 Å². The van der Waals surface area contributed by atoms with Crippen molar-refractivity contribution in [3.8, 4) is 17.2 Å². The van der Waals surface area contributed by atoms with Crippen molar-refractivity contribution < 1.29 is 14.2 Å². The molecular weight excluding hydrogens is 495 g/mol. The number of rotatable bonds is 9. The lowest BCUT2D eigenvalue weighted by Gasteiger charge is -2.35. The average molecular weight is 534 g/mol. The number of aliphatic imine (C=N–C) groups is 1. The van der Waals surface area contributed by atoms with Crippen LogP contribution in [0, 0.1) is 5.92 Å². The van der Waals surface area contributed by atoms with Crippen LogP contribution in [0.5, 0.6) is 17.2 Å². The predicted molar refractivity (Wildman–Crippen MR) is 134 cm³/mol. The number of benzene rings is 1. The van der Waals surface area contributed by atoms with Crippen molar-refractivity contribution in [1.82, 2.24) is 15.5 Å². The highest BCUT2D eigenvalue weighted by Crippen LogP contribution is 2.38. The monoisotopic (exact) mass is 534 g/mol. The van der Waals surface area contributed by atoms with Gasteiger partial charge in [-0.1, -0.05) is 6.92 Å². The van der Waals surface area contributed by atoms with E-state index >= 15 is 0 Å². The van der Waals surface area contributed by atoms with Crippen molar-refractivity contribution >= 4 is 29.9 Å². The minimum atomic E-state index is 0. The van der Waals surface area contributed by atoms with E-state index in [4.69, 9.17) is 19.2 Å². The zero-order valence-electron chi connectivity index (χ0n) is 19.3. The number of guanidine groups is 1. The first-order valence-corrected chi connectivity index (χ1v) is 10.6. The molecule has 1 aliphatic rings. The van der Waals surface area contributed by atoms with Gasteiger partial charge in [0.1, 0.15) is 0 Å². The molecule has 2 rings (SSSR count). The summed E-state index contributed by atoms with van der Waals surface area (Å²) in [4.78, 5) is 7.31. The molecule has 0 aromatic heterocycles. The molecule has 2 N–H and O–H groups in total.